The molecule has 77 heavy (non-hydrogen) atoms. The van der Waals surface area contributed by atoms with Crippen LogP contribution in [-0.2, 0) is 10.9 Å². The number of carboxylic acid groups (broad SMARTS) is 2. The van der Waals surface area contributed by atoms with E-state index in [2.05, 4.69) is 309 Å². The van der Waals surface area contributed by atoms with E-state index in [-0.39, 0.29) is 0 Å². The van der Waals surface area contributed by atoms with E-state index >= 15 is 0 Å². The summed E-state index contributed by atoms with van der Waals surface area (Å²) >= 11 is 0. The molecule has 0 radical (unpaired) electrons. The molecule has 1 N–H and O–H groups in total. The summed E-state index contributed by atoms with van der Waals surface area (Å²) in [4.78, 5) is 12.2. The lowest BCUT2D eigenvalue weighted by molar-refractivity contribution is -0.275. The van der Waals surface area contributed by atoms with Crippen LogP contribution in [-0.4, -0.2) is 11.3 Å². The zero-order chi connectivity index (χ0) is 52.3. The first-order valence-electron chi connectivity index (χ1n) is 25.7. The Balaban J connectivity index is 0.00000153. The summed E-state index contributed by atoms with van der Waals surface area (Å²) in [6.45, 7) is 0. The first kappa shape index (κ1) is 49.5. The van der Waals surface area contributed by atoms with Crippen molar-refractivity contribution in [3.63, 3.8) is 0 Å². The standard InChI is InChI=1S/C72H51S.CH2O3/c1-10-28-52(29-11-1)61-46-64(55-34-16-4-17-35-55)70(65(47-61)56-36-18-5-19-37-56)73(71-66(57-38-20-6-21-39-57)48-62(53-30-12-2-13-31-53)49-67(71)58-40-22-7-23-41-58)72-68(59-42-24-8-25-43-59)50-63(54-32-14-3-15-33-54)51-69(72)60-44-26-9-27-45-60;2-1(3)4/h1-51H;(H2,2,3,4)/q+1;/p-1. The van der Waals surface area contributed by atoms with Crippen molar-refractivity contribution in [1.29, 1.82) is 0 Å². The second-order valence-corrected chi connectivity index (χ2v) is 20.4. The Morgan fingerprint density at radius 3 is 0.506 bits per heavy atom. The summed E-state index contributed by atoms with van der Waals surface area (Å²) in [6, 6.07) is 114. The van der Waals surface area contributed by atoms with E-state index in [1.54, 1.807) is 0 Å². The summed E-state index contributed by atoms with van der Waals surface area (Å²) < 4.78 is 0. The topological polar surface area (TPSA) is 60.4 Å². The van der Waals surface area contributed by atoms with Gasteiger partial charge in [-0.25, -0.2) is 0 Å². The van der Waals surface area contributed by atoms with Gasteiger partial charge in [-0.15, -0.1) is 0 Å². The van der Waals surface area contributed by atoms with Gasteiger partial charge in [-0.3, -0.25) is 0 Å². The molecule has 3 nitrogen and oxygen atoms in total. The summed E-state index contributed by atoms with van der Waals surface area (Å²) in [5.74, 6) is 0. The Morgan fingerprint density at radius 2 is 0.364 bits per heavy atom. The van der Waals surface area contributed by atoms with Crippen molar-refractivity contribution < 1.29 is 15.0 Å². The van der Waals surface area contributed by atoms with E-state index in [0.717, 1.165) is 33.4 Å². The molecule has 4 heteroatoms. The van der Waals surface area contributed by atoms with Crippen molar-refractivity contribution in [3.8, 4) is 100 Å². The van der Waals surface area contributed by atoms with Gasteiger partial charge in [0.05, 0.1) is 0 Å². The Hall–Kier alpha value is -9.74. The first-order valence-corrected chi connectivity index (χ1v) is 26.9. The first-order chi connectivity index (χ1) is 38.0. The van der Waals surface area contributed by atoms with Crippen LogP contribution in [0.5, 0.6) is 0 Å². The van der Waals surface area contributed by atoms with E-state index in [0.29, 0.717) is 0 Å². The van der Waals surface area contributed by atoms with Gasteiger partial charge in [0.15, 0.2) is 14.7 Å². The fourth-order valence-corrected chi connectivity index (χ4v) is 13.2. The Morgan fingerprint density at radius 1 is 0.234 bits per heavy atom. The predicted molar refractivity (Wildman–Crippen MR) is 318 cm³/mol. The van der Waals surface area contributed by atoms with Gasteiger partial charge in [0, 0.05) is 33.4 Å². The molecular formula is C73H52O3S. The van der Waals surface area contributed by atoms with Gasteiger partial charge in [0.2, 0.25) is 6.16 Å². The largest absolute Gasteiger partial charge is 0.565 e. The molecule has 0 unspecified atom stereocenters. The van der Waals surface area contributed by atoms with Crippen LogP contribution in [0.15, 0.2) is 324 Å². The molecule has 0 atom stereocenters. The minimum Gasteiger partial charge on any atom is -0.565 e. The van der Waals surface area contributed by atoms with Crippen LogP contribution in [0.3, 0.4) is 0 Å². The van der Waals surface area contributed by atoms with E-state index in [9.17, 15) is 0 Å². The van der Waals surface area contributed by atoms with Crippen molar-refractivity contribution >= 4 is 17.1 Å². The van der Waals surface area contributed by atoms with Gasteiger partial charge < -0.3 is 15.0 Å². The summed E-state index contributed by atoms with van der Waals surface area (Å²) in [6.07, 6.45) is -2.08. The third-order valence-corrected chi connectivity index (χ3v) is 16.3. The lowest BCUT2D eigenvalue weighted by Gasteiger charge is -2.26. The van der Waals surface area contributed by atoms with Crippen molar-refractivity contribution in [3.05, 3.63) is 309 Å². The third kappa shape index (κ3) is 10.9. The molecule has 12 rings (SSSR count). The van der Waals surface area contributed by atoms with Crippen LogP contribution in [0.4, 0.5) is 4.79 Å². The minimum atomic E-state index is -2.08. The fourth-order valence-electron chi connectivity index (χ4n) is 10.2. The molecule has 0 aromatic heterocycles. The van der Waals surface area contributed by atoms with Crippen molar-refractivity contribution in [1.82, 2.24) is 0 Å². The van der Waals surface area contributed by atoms with Gasteiger partial charge in [0.25, 0.3) is 0 Å². The number of carbonyl (C=O) groups is 1. The minimum absolute atomic E-state index is 0.881. The van der Waals surface area contributed by atoms with Gasteiger partial charge >= 0.3 is 0 Å². The number of benzene rings is 12. The van der Waals surface area contributed by atoms with Crippen LogP contribution in [0.1, 0.15) is 0 Å². The highest BCUT2D eigenvalue weighted by molar-refractivity contribution is 7.97. The highest BCUT2D eigenvalue weighted by atomic mass is 32.2. The maximum atomic E-state index is 8.44. The molecule has 0 saturated heterocycles. The Labute approximate surface area is 453 Å². The molecule has 0 heterocycles. The van der Waals surface area contributed by atoms with E-state index in [1.165, 1.54) is 81.4 Å². The second-order valence-electron chi connectivity index (χ2n) is 18.6. The van der Waals surface area contributed by atoms with Gasteiger partial charge in [0.1, 0.15) is 10.9 Å². The monoisotopic (exact) mass is 1010 g/mol. The molecule has 0 amide bonds. The molecule has 368 valence electrons. The molecular weight excluding hydrogens is 957 g/mol. The number of hydrogen-bond acceptors (Lipinski definition) is 2. The van der Waals surface area contributed by atoms with Crippen molar-refractivity contribution in [2.45, 2.75) is 14.7 Å². The SMILES string of the molecule is O=C([O-])O.c1ccc(-c2cc(-c3ccccc3)c([S+](c3c(-c4ccccc4)cc(-c4ccccc4)cc3-c3ccccc3)c3c(-c4ccccc4)cc(-c4ccccc4)cc3-c3ccccc3)c(-c3ccccc3)c2)cc1. The molecule has 12 aromatic rings. The van der Waals surface area contributed by atoms with Crippen LogP contribution in [0.25, 0.3) is 100 Å². The zero-order valence-electron chi connectivity index (χ0n) is 42.1. The van der Waals surface area contributed by atoms with Crippen molar-refractivity contribution in [2.24, 2.45) is 0 Å². The average molecular weight is 1010 g/mol. The quantitative estimate of drug-likeness (QED) is 0.124. The van der Waals surface area contributed by atoms with Gasteiger partial charge in [-0.1, -0.05) is 273 Å². The number of rotatable bonds is 12. The Bertz CT molecular complexity index is 3310. The van der Waals surface area contributed by atoms with Crippen LogP contribution in [0.2, 0.25) is 0 Å². The van der Waals surface area contributed by atoms with E-state index in [1.807, 2.05) is 0 Å². The predicted octanol–water partition coefficient (Wildman–Crippen LogP) is 18.7. The molecule has 0 bridgehead atoms. The summed E-state index contributed by atoms with van der Waals surface area (Å²) in [5.41, 5.74) is 21.2. The maximum absolute atomic E-state index is 8.44. The molecule has 0 saturated carbocycles. The average Bonchev–Trinajstić information content (AvgIpc) is 3.57. The normalized spacial score (nSPS) is 10.9. The fraction of sp³-hybridized carbons (Fsp3) is 0. The molecule has 12 aromatic carbocycles. The molecule has 0 aliphatic heterocycles. The number of hydrogen-bond donors (Lipinski definition) is 1. The molecule has 0 fully saturated rings. The highest BCUT2D eigenvalue weighted by Gasteiger charge is 2.44. The molecule has 0 spiro atoms. The van der Waals surface area contributed by atoms with E-state index < -0.39 is 17.1 Å². The maximum Gasteiger partial charge on any atom is 0.249 e. The smallest absolute Gasteiger partial charge is 0.249 e. The molecule has 0 aliphatic rings. The second kappa shape index (κ2) is 23.2. The Kier molecular flexibility index (Phi) is 14.9. The van der Waals surface area contributed by atoms with Crippen LogP contribution < -0.4 is 5.11 Å². The lowest BCUT2D eigenvalue weighted by atomic mass is 9.92. The third-order valence-electron chi connectivity index (χ3n) is 13.7. The summed E-state index contributed by atoms with van der Waals surface area (Å²) in [5, 5.41) is 15.3. The zero-order valence-corrected chi connectivity index (χ0v) is 42.9. The summed E-state index contributed by atoms with van der Waals surface area (Å²) in [7, 11) is -0.881. The van der Waals surface area contributed by atoms with Crippen LogP contribution >= 0.6 is 0 Å². The van der Waals surface area contributed by atoms with E-state index in [4.69, 9.17) is 15.0 Å². The van der Waals surface area contributed by atoms with Gasteiger partial charge in [-0.05, 0) is 103 Å². The highest BCUT2D eigenvalue weighted by Crippen LogP contribution is 2.55. The molecule has 0 aliphatic carbocycles. The lowest BCUT2D eigenvalue weighted by Crippen LogP contribution is -2.17. The van der Waals surface area contributed by atoms with Crippen LogP contribution in [0, 0.1) is 0 Å². The van der Waals surface area contributed by atoms with Crippen molar-refractivity contribution in [2.75, 3.05) is 0 Å². The van der Waals surface area contributed by atoms with Gasteiger partial charge in [-0.2, -0.15) is 0 Å².